The van der Waals surface area contributed by atoms with Crippen molar-refractivity contribution in [1.29, 1.82) is 0 Å². The number of anilines is 1. The van der Waals surface area contributed by atoms with Crippen LogP contribution in [0.25, 0.3) is 10.9 Å². The average molecular weight is 376 g/mol. The van der Waals surface area contributed by atoms with Gasteiger partial charge in [0, 0.05) is 10.9 Å². The van der Waals surface area contributed by atoms with E-state index in [0.717, 1.165) is 5.39 Å². The number of ether oxygens (including phenoxy) is 1. The van der Waals surface area contributed by atoms with Crippen LogP contribution in [-0.4, -0.2) is 41.5 Å². The number of benzene rings is 1. The van der Waals surface area contributed by atoms with E-state index in [1.807, 2.05) is 4.72 Å². The maximum absolute atomic E-state index is 12.5. The summed E-state index contributed by atoms with van der Waals surface area (Å²) in [6.45, 7) is 3.24. The van der Waals surface area contributed by atoms with E-state index in [1.165, 1.54) is 7.11 Å². The van der Waals surface area contributed by atoms with Gasteiger partial charge in [0.2, 0.25) is 5.95 Å². The first kappa shape index (κ1) is 17.6. The van der Waals surface area contributed by atoms with E-state index in [0.29, 0.717) is 16.9 Å². The molecule has 3 rings (SSSR count). The smallest absolute Gasteiger partial charge is 0.335 e. The number of aromatic amines is 1. The molecule has 3 aromatic rings. The number of nitrogens with one attached hydrogen (secondary N) is 3. The summed E-state index contributed by atoms with van der Waals surface area (Å²) in [5.41, 5.74) is 1.17. The lowest BCUT2D eigenvalue weighted by Gasteiger charge is -2.08. The van der Waals surface area contributed by atoms with E-state index in [1.54, 1.807) is 38.1 Å². The molecular formula is C15H16N6O4S. The molecule has 0 radical (unpaired) electrons. The van der Waals surface area contributed by atoms with Crippen LogP contribution in [0.4, 0.5) is 10.7 Å². The molecule has 26 heavy (non-hydrogen) atoms. The van der Waals surface area contributed by atoms with Crippen molar-refractivity contribution in [1.82, 2.24) is 24.7 Å². The molecule has 0 unspecified atom stereocenters. The zero-order valence-electron chi connectivity index (χ0n) is 14.2. The first-order valence-corrected chi connectivity index (χ1v) is 8.96. The molecule has 1 aromatic carbocycles. The number of H-pyrrole nitrogens is 1. The highest BCUT2D eigenvalue weighted by Crippen LogP contribution is 2.24. The van der Waals surface area contributed by atoms with E-state index in [9.17, 15) is 13.2 Å². The zero-order chi connectivity index (χ0) is 18.9. The molecule has 10 nitrogen and oxygen atoms in total. The highest BCUT2D eigenvalue weighted by Gasteiger charge is 2.24. The van der Waals surface area contributed by atoms with Crippen molar-refractivity contribution in [2.75, 3.05) is 12.4 Å². The molecule has 0 saturated carbocycles. The van der Waals surface area contributed by atoms with Gasteiger partial charge < -0.3 is 9.72 Å². The van der Waals surface area contributed by atoms with Gasteiger partial charge in [0.1, 0.15) is 5.82 Å². The van der Waals surface area contributed by atoms with Gasteiger partial charge in [0.25, 0.3) is 10.0 Å². The Morgan fingerprint density at radius 3 is 2.58 bits per heavy atom. The lowest BCUT2D eigenvalue weighted by molar-refractivity contribution is 0.256. The second-order valence-electron chi connectivity index (χ2n) is 5.38. The Labute approximate surface area is 149 Å². The summed E-state index contributed by atoms with van der Waals surface area (Å²) in [7, 11) is -2.76. The molecule has 0 spiro atoms. The molecule has 2 amide bonds. The molecule has 2 aromatic heterocycles. The fourth-order valence-corrected chi connectivity index (χ4v) is 3.59. The lowest BCUT2D eigenvalue weighted by Crippen LogP contribution is -2.35. The minimum absolute atomic E-state index is 0.00196. The van der Waals surface area contributed by atoms with Gasteiger partial charge in [-0.3, -0.25) is 5.32 Å². The minimum atomic E-state index is -4.12. The van der Waals surface area contributed by atoms with Gasteiger partial charge in [0.05, 0.1) is 7.11 Å². The van der Waals surface area contributed by atoms with Gasteiger partial charge in [-0.1, -0.05) is 18.2 Å². The largest absolute Gasteiger partial charge is 0.467 e. The quantitative estimate of drug-likeness (QED) is 0.627. The van der Waals surface area contributed by atoms with Crippen LogP contribution < -0.4 is 14.8 Å². The molecule has 2 heterocycles. The first-order valence-electron chi connectivity index (χ1n) is 7.48. The number of aromatic nitrogens is 4. The molecule has 0 fully saturated rings. The number of hydrogen-bond acceptors (Lipinski definition) is 7. The number of aryl methyl sites for hydroxylation is 2. The summed E-state index contributed by atoms with van der Waals surface area (Å²) >= 11 is 0. The fourth-order valence-electron chi connectivity index (χ4n) is 2.43. The van der Waals surface area contributed by atoms with Crippen molar-refractivity contribution in [3.63, 3.8) is 0 Å². The summed E-state index contributed by atoms with van der Waals surface area (Å²) < 4.78 is 31.9. The lowest BCUT2D eigenvalue weighted by atomic mass is 10.2. The molecule has 0 atom stereocenters. The summed E-state index contributed by atoms with van der Waals surface area (Å²) in [4.78, 5) is 26.5. The third kappa shape index (κ3) is 3.42. The van der Waals surface area contributed by atoms with Crippen LogP contribution >= 0.6 is 0 Å². The van der Waals surface area contributed by atoms with Crippen LogP contribution in [-0.2, 0) is 10.0 Å². The van der Waals surface area contributed by atoms with Crippen LogP contribution in [0.15, 0.2) is 29.3 Å². The van der Waals surface area contributed by atoms with Crippen molar-refractivity contribution in [2.24, 2.45) is 0 Å². The summed E-state index contributed by atoms with van der Waals surface area (Å²) in [5, 5.41) is 2.92. The predicted molar refractivity (Wildman–Crippen MR) is 93.5 cm³/mol. The molecule has 0 aliphatic rings. The van der Waals surface area contributed by atoms with Crippen molar-refractivity contribution in [3.8, 4) is 6.01 Å². The molecule has 11 heteroatoms. The molecule has 0 bridgehead atoms. The Morgan fingerprint density at radius 2 is 1.88 bits per heavy atom. The van der Waals surface area contributed by atoms with Crippen LogP contribution in [0.5, 0.6) is 6.01 Å². The first-order chi connectivity index (χ1) is 12.3. The van der Waals surface area contributed by atoms with Crippen molar-refractivity contribution < 1.29 is 17.9 Å². The maximum atomic E-state index is 12.5. The molecular weight excluding hydrogens is 360 g/mol. The number of sulfonamides is 1. The Balaban J connectivity index is 1.83. The third-order valence-electron chi connectivity index (χ3n) is 3.55. The Hall–Kier alpha value is -3.21. The fraction of sp³-hybridized carbons (Fsp3) is 0.200. The molecule has 0 aliphatic heterocycles. The SMILES string of the molecule is COc1nc(C)nc(NC(=O)NS(=O)(=O)c2[nH]c3ccccc3c2C)n1. The third-order valence-corrected chi connectivity index (χ3v) is 4.95. The molecule has 0 saturated heterocycles. The summed E-state index contributed by atoms with van der Waals surface area (Å²) in [6, 6.07) is 6.13. The number of methoxy groups -OCH3 is 1. The second-order valence-corrected chi connectivity index (χ2v) is 7.00. The number of carbonyl (C=O) groups is 1. The van der Waals surface area contributed by atoms with Gasteiger partial charge in [-0.15, -0.1) is 0 Å². The van der Waals surface area contributed by atoms with E-state index >= 15 is 0 Å². The number of fused-ring (bicyclic) bond motifs is 1. The predicted octanol–water partition coefficient (Wildman–Crippen LogP) is 1.49. The second kappa shape index (κ2) is 6.59. The Kier molecular flexibility index (Phi) is 4.47. The van der Waals surface area contributed by atoms with E-state index < -0.39 is 16.1 Å². The highest BCUT2D eigenvalue weighted by atomic mass is 32.2. The van der Waals surface area contributed by atoms with Gasteiger partial charge in [-0.25, -0.2) is 9.52 Å². The number of nitrogens with zero attached hydrogens (tertiary/aromatic N) is 3. The maximum Gasteiger partial charge on any atom is 0.335 e. The summed E-state index contributed by atoms with van der Waals surface area (Å²) in [6.07, 6.45) is 0. The van der Waals surface area contributed by atoms with Gasteiger partial charge in [0.15, 0.2) is 5.03 Å². The van der Waals surface area contributed by atoms with E-state index in [4.69, 9.17) is 4.74 Å². The number of para-hydroxylation sites is 1. The van der Waals surface area contributed by atoms with Crippen molar-refractivity contribution in [2.45, 2.75) is 18.9 Å². The van der Waals surface area contributed by atoms with Crippen LogP contribution in [0.2, 0.25) is 0 Å². The minimum Gasteiger partial charge on any atom is -0.467 e. The number of hydrogen-bond donors (Lipinski definition) is 3. The van der Waals surface area contributed by atoms with Crippen LogP contribution in [0, 0.1) is 13.8 Å². The molecule has 136 valence electrons. The molecule has 0 aliphatic carbocycles. The Bertz CT molecular complexity index is 1090. The normalized spacial score (nSPS) is 11.3. The topological polar surface area (TPSA) is 139 Å². The van der Waals surface area contributed by atoms with Crippen molar-refractivity contribution in [3.05, 3.63) is 35.7 Å². The zero-order valence-corrected chi connectivity index (χ0v) is 15.0. The molecule has 3 N–H and O–H groups in total. The number of carbonyl (C=O) groups excluding carboxylic acids is 1. The number of amides is 2. The van der Waals surface area contributed by atoms with E-state index in [2.05, 4.69) is 25.3 Å². The number of urea groups is 1. The van der Waals surface area contributed by atoms with Crippen molar-refractivity contribution >= 4 is 32.9 Å². The Morgan fingerprint density at radius 1 is 1.15 bits per heavy atom. The standard InChI is InChI=1S/C15H16N6O4S/c1-8-10-6-4-5-7-11(10)18-12(8)26(23,24)21-14(22)19-13-16-9(2)17-15(20-13)25-3/h4-7,18H,1-3H3,(H2,16,17,19,20,21,22). The number of rotatable bonds is 4. The van der Waals surface area contributed by atoms with Crippen LogP contribution in [0.3, 0.4) is 0 Å². The summed E-state index contributed by atoms with van der Waals surface area (Å²) in [5.74, 6) is 0.178. The average Bonchev–Trinajstić information content (AvgIpc) is 2.92. The highest BCUT2D eigenvalue weighted by molar-refractivity contribution is 7.90. The van der Waals surface area contributed by atoms with Gasteiger partial charge >= 0.3 is 12.0 Å². The van der Waals surface area contributed by atoms with Gasteiger partial charge in [-0.05, 0) is 25.5 Å². The van der Waals surface area contributed by atoms with Gasteiger partial charge in [-0.2, -0.15) is 23.4 Å². The monoisotopic (exact) mass is 376 g/mol. The van der Waals surface area contributed by atoms with E-state index in [-0.39, 0.29) is 17.0 Å². The van der Waals surface area contributed by atoms with Crippen LogP contribution in [0.1, 0.15) is 11.4 Å².